The minimum atomic E-state index is -0.748. The van der Waals surface area contributed by atoms with Gasteiger partial charge in [0.2, 0.25) is 5.69 Å². The van der Waals surface area contributed by atoms with Gasteiger partial charge in [0.1, 0.15) is 0 Å². The molecule has 0 aliphatic rings. The SMILES string of the molecule is CCN(CC)C(=O)c1nn(-c2ccc(Cl)cc2)c(=O)n(Cc2cccc(Cl)c2)c1=O. The van der Waals surface area contributed by atoms with Gasteiger partial charge in [-0.05, 0) is 55.8 Å². The second kappa shape index (κ2) is 9.28. The van der Waals surface area contributed by atoms with Crippen LogP contribution in [0.4, 0.5) is 0 Å². The van der Waals surface area contributed by atoms with Crippen LogP contribution in [0.15, 0.2) is 58.1 Å². The van der Waals surface area contributed by atoms with E-state index in [9.17, 15) is 14.4 Å². The van der Waals surface area contributed by atoms with E-state index in [0.717, 1.165) is 9.25 Å². The highest BCUT2D eigenvalue weighted by Crippen LogP contribution is 2.13. The van der Waals surface area contributed by atoms with Crippen LogP contribution in [0.25, 0.3) is 5.69 Å². The van der Waals surface area contributed by atoms with Gasteiger partial charge < -0.3 is 4.90 Å². The normalized spacial score (nSPS) is 10.8. The first-order chi connectivity index (χ1) is 14.3. The summed E-state index contributed by atoms with van der Waals surface area (Å²) in [5.41, 5.74) is -0.703. The van der Waals surface area contributed by atoms with E-state index in [1.54, 1.807) is 62.4 Å². The molecule has 0 radical (unpaired) electrons. The molecule has 9 heteroatoms. The van der Waals surface area contributed by atoms with Crippen LogP contribution < -0.4 is 11.2 Å². The van der Waals surface area contributed by atoms with Gasteiger partial charge in [-0.2, -0.15) is 9.78 Å². The summed E-state index contributed by atoms with van der Waals surface area (Å²) in [6, 6.07) is 13.2. The Bertz CT molecular complexity index is 1180. The van der Waals surface area contributed by atoms with Crippen molar-refractivity contribution in [1.82, 2.24) is 19.2 Å². The molecular weight excluding hydrogens is 427 g/mol. The van der Waals surface area contributed by atoms with Gasteiger partial charge in [-0.3, -0.25) is 14.2 Å². The van der Waals surface area contributed by atoms with Crippen LogP contribution in [0.5, 0.6) is 0 Å². The average Bonchev–Trinajstić information content (AvgIpc) is 2.73. The van der Waals surface area contributed by atoms with Crippen molar-refractivity contribution in [1.29, 1.82) is 0 Å². The predicted molar refractivity (Wildman–Crippen MR) is 117 cm³/mol. The minimum absolute atomic E-state index is 0.0487. The standard InChI is InChI=1S/C21H20Cl2N4O3/c1-3-25(4-2)19(28)18-20(29)26(13-14-6-5-7-16(23)12-14)21(30)27(24-18)17-10-8-15(22)9-11-17/h5-12H,3-4,13H2,1-2H3. The van der Waals surface area contributed by atoms with E-state index >= 15 is 0 Å². The van der Waals surface area contributed by atoms with E-state index in [1.165, 1.54) is 4.90 Å². The Balaban J connectivity index is 2.24. The number of amides is 1. The quantitative estimate of drug-likeness (QED) is 0.582. The number of hydrogen-bond acceptors (Lipinski definition) is 4. The van der Waals surface area contributed by atoms with E-state index in [2.05, 4.69) is 5.10 Å². The third-order valence-corrected chi connectivity index (χ3v) is 5.10. The molecule has 0 spiro atoms. The molecule has 156 valence electrons. The van der Waals surface area contributed by atoms with E-state index in [4.69, 9.17) is 23.2 Å². The van der Waals surface area contributed by atoms with E-state index in [1.807, 2.05) is 0 Å². The third-order valence-electron chi connectivity index (χ3n) is 4.61. The molecular formula is C21H20Cl2N4O3. The lowest BCUT2D eigenvalue weighted by molar-refractivity contribution is 0.0761. The number of hydrogen-bond donors (Lipinski definition) is 0. The fraction of sp³-hybridized carbons (Fsp3) is 0.238. The maximum Gasteiger partial charge on any atom is 0.352 e. The molecule has 7 nitrogen and oxygen atoms in total. The van der Waals surface area contributed by atoms with Gasteiger partial charge in [0, 0.05) is 23.1 Å². The molecule has 0 aliphatic heterocycles. The molecule has 0 aliphatic carbocycles. The van der Waals surface area contributed by atoms with Crippen LogP contribution in [0, 0.1) is 0 Å². The summed E-state index contributed by atoms with van der Waals surface area (Å²) in [4.78, 5) is 40.6. The van der Waals surface area contributed by atoms with Crippen molar-refractivity contribution in [3.05, 3.63) is 90.7 Å². The largest absolute Gasteiger partial charge is 0.352 e. The predicted octanol–water partition coefficient (Wildman–Crippen LogP) is 3.23. The molecule has 1 heterocycles. The van der Waals surface area contributed by atoms with Crippen molar-refractivity contribution < 1.29 is 4.79 Å². The highest BCUT2D eigenvalue weighted by atomic mass is 35.5. The fourth-order valence-electron chi connectivity index (χ4n) is 3.02. The molecule has 1 amide bonds. The Kier molecular flexibility index (Phi) is 6.74. The van der Waals surface area contributed by atoms with Gasteiger partial charge in [0.25, 0.3) is 11.5 Å². The molecule has 0 bridgehead atoms. The van der Waals surface area contributed by atoms with Crippen molar-refractivity contribution >= 4 is 29.1 Å². The molecule has 0 atom stereocenters. The van der Waals surface area contributed by atoms with Crippen molar-refractivity contribution in [3.63, 3.8) is 0 Å². The number of aromatic nitrogens is 3. The molecule has 0 saturated heterocycles. The van der Waals surface area contributed by atoms with Crippen molar-refractivity contribution in [2.75, 3.05) is 13.1 Å². The van der Waals surface area contributed by atoms with Crippen LogP contribution in [0.3, 0.4) is 0 Å². The summed E-state index contributed by atoms with van der Waals surface area (Å²) < 4.78 is 2.03. The first kappa shape index (κ1) is 21.8. The summed E-state index contributed by atoms with van der Waals surface area (Å²) in [5, 5.41) is 5.08. The lowest BCUT2D eigenvalue weighted by Crippen LogP contribution is -2.46. The second-order valence-electron chi connectivity index (χ2n) is 6.52. The molecule has 0 saturated carbocycles. The van der Waals surface area contributed by atoms with Crippen molar-refractivity contribution in [3.8, 4) is 5.69 Å². The number of carbonyl (C=O) groups excluding carboxylic acids is 1. The van der Waals surface area contributed by atoms with Gasteiger partial charge in [0.15, 0.2) is 0 Å². The Hall–Kier alpha value is -2.90. The van der Waals surface area contributed by atoms with Gasteiger partial charge in [-0.1, -0.05) is 35.3 Å². The molecule has 30 heavy (non-hydrogen) atoms. The molecule has 3 rings (SSSR count). The number of halogens is 2. The second-order valence-corrected chi connectivity index (χ2v) is 7.39. The van der Waals surface area contributed by atoms with Crippen molar-refractivity contribution in [2.24, 2.45) is 0 Å². The maximum atomic E-state index is 13.1. The Morgan fingerprint density at radius 1 is 1.00 bits per heavy atom. The van der Waals surface area contributed by atoms with E-state index in [0.29, 0.717) is 34.4 Å². The average molecular weight is 447 g/mol. The number of benzene rings is 2. The van der Waals surface area contributed by atoms with Gasteiger partial charge in [-0.25, -0.2) is 4.79 Å². The minimum Gasteiger partial charge on any atom is -0.338 e. The number of carbonyl (C=O) groups is 1. The molecule has 3 aromatic rings. The summed E-state index contributed by atoms with van der Waals surface area (Å²) >= 11 is 12.0. The van der Waals surface area contributed by atoms with Gasteiger partial charge >= 0.3 is 5.69 Å². The van der Waals surface area contributed by atoms with Crippen LogP contribution in [-0.4, -0.2) is 38.2 Å². The highest BCUT2D eigenvalue weighted by molar-refractivity contribution is 6.30. The smallest absolute Gasteiger partial charge is 0.338 e. The summed E-state index contributed by atoms with van der Waals surface area (Å²) in [6.45, 7) is 4.38. The van der Waals surface area contributed by atoms with Gasteiger partial charge in [0.05, 0.1) is 12.2 Å². The topological polar surface area (TPSA) is 77.2 Å². The highest BCUT2D eigenvalue weighted by Gasteiger charge is 2.23. The monoisotopic (exact) mass is 446 g/mol. The third kappa shape index (κ3) is 4.47. The summed E-state index contributed by atoms with van der Waals surface area (Å²) in [6.07, 6.45) is 0. The Morgan fingerprint density at radius 3 is 2.27 bits per heavy atom. The van der Waals surface area contributed by atoms with Gasteiger partial charge in [-0.15, -0.1) is 0 Å². The lowest BCUT2D eigenvalue weighted by Gasteiger charge is -2.19. The molecule has 0 unspecified atom stereocenters. The van der Waals surface area contributed by atoms with Crippen LogP contribution in [-0.2, 0) is 6.54 Å². The first-order valence-electron chi connectivity index (χ1n) is 9.39. The molecule has 1 aromatic heterocycles. The van der Waals surface area contributed by atoms with Crippen LogP contribution >= 0.6 is 23.2 Å². The molecule has 0 N–H and O–H groups in total. The molecule has 0 fully saturated rings. The molecule has 2 aromatic carbocycles. The zero-order valence-corrected chi connectivity index (χ0v) is 18.0. The maximum absolute atomic E-state index is 13.1. The number of rotatable bonds is 6. The Labute approximate surface area is 183 Å². The zero-order chi connectivity index (χ0) is 21.8. The zero-order valence-electron chi connectivity index (χ0n) is 16.5. The number of nitrogens with zero attached hydrogens (tertiary/aromatic N) is 4. The fourth-order valence-corrected chi connectivity index (χ4v) is 3.36. The first-order valence-corrected chi connectivity index (χ1v) is 10.1. The Morgan fingerprint density at radius 2 is 1.67 bits per heavy atom. The van der Waals surface area contributed by atoms with E-state index < -0.39 is 17.2 Å². The lowest BCUT2D eigenvalue weighted by atomic mass is 10.2. The summed E-state index contributed by atoms with van der Waals surface area (Å²) in [7, 11) is 0. The van der Waals surface area contributed by atoms with Crippen LogP contribution in [0.1, 0.15) is 29.9 Å². The summed E-state index contributed by atoms with van der Waals surface area (Å²) in [5.74, 6) is -0.535. The van der Waals surface area contributed by atoms with E-state index in [-0.39, 0.29) is 12.2 Å². The van der Waals surface area contributed by atoms with Crippen molar-refractivity contribution in [2.45, 2.75) is 20.4 Å². The van der Waals surface area contributed by atoms with Crippen LogP contribution in [0.2, 0.25) is 10.0 Å².